The van der Waals surface area contributed by atoms with E-state index in [0.717, 1.165) is 24.2 Å². The first-order chi connectivity index (χ1) is 9.76. The van der Waals surface area contributed by atoms with Crippen LogP contribution in [0.4, 0.5) is 5.69 Å². The van der Waals surface area contributed by atoms with E-state index in [1.807, 2.05) is 25.4 Å². The van der Waals surface area contributed by atoms with Crippen LogP contribution >= 0.6 is 0 Å². The molecule has 0 saturated heterocycles. The number of nitrogens with one attached hydrogen (secondary N) is 2. The van der Waals surface area contributed by atoms with Gasteiger partial charge in [0.1, 0.15) is 0 Å². The number of benzene rings is 1. The highest BCUT2D eigenvalue weighted by molar-refractivity contribution is 5.91. The van der Waals surface area contributed by atoms with E-state index in [2.05, 4.69) is 53.7 Å². The highest BCUT2D eigenvalue weighted by atomic mass is 14.9. The van der Waals surface area contributed by atoms with Crippen LogP contribution in [0.15, 0.2) is 48.2 Å². The molecule has 0 spiro atoms. The Morgan fingerprint density at radius 1 is 1.30 bits per heavy atom. The Morgan fingerprint density at radius 2 is 2.15 bits per heavy atom. The number of aromatic nitrogens is 1. The van der Waals surface area contributed by atoms with E-state index in [4.69, 9.17) is 0 Å². The molecule has 0 bridgehead atoms. The van der Waals surface area contributed by atoms with Crippen LogP contribution in [-0.2, 0) is 0 Å². The Bertz CT molecular complexity index is 584. The second-order valence-electron chi connectivity index (χ2n) is 5.00. The predicted octanol–water partition coefficient (Wildman–Crippen LogP) is 3.59. The lowest BCUT2D eigenvalue weighted by Gasteiger charge is -2.21. The number of hydrogen-bond donors (Lipinski definition) is 2. The maximum Gasteiger partial charge on any atom is 0.0722 e. The molecule has 3 heteroatoms. The van der Waals surface area contributed by atoms with Gasteiger partial charge in [-0.1, -0.05) is 17.7 Å². The zero-order valence-electron chi connectivity index (χ0n) is 12.5. The Labute approximate surface area is 121 Å². The van der Waals surface area contributed by atoms with Crippen LogP contribution in [0.2, 0.25) is 0 Å². The van der Waals surface area contributed by atoms with Crippen molar-refractivity contribution >= 4 is 16.6 Å². The number of nitrogens with zero attached hydrogens (tertiary/aromatic N) is 1. The minimum absolute atomic E-state index is 0.346. The second kappa shape index (κ2) is 7.06. The molecule has 2 rings (SSSR count). The van der Waals surface area contributed by atoms with Crippen molar-refractivity contribution in [1.29, 1.82) is 0 Å². The maximum absolute atomic E-state index is 4.41. The Kier molecular flexibility index (Phi) is 5.13. The molecule has 0 aliphatic carbocycles. The summed E-state index contributed by atoms with van der Waals surface area (Å²) in [6.45, 7) is 5.26. The molecule has 0 fully saturated rings. The van der Waals surface area contributed by atoms with Crippen LogP contribution in [0.1, 0.15) is 20.3 Å². The summed E-state index contributed by atoms with van der Waals surface area (Å²) in [7, 11) is 1.99. The van der Waals surface area contributed by atoms with Crippen LogP contribution in [0, 0.1) is 0 Å². The maximum atomic E-state index is 4.41. The van der Waals surface area contributed by atoms with Crippen LogP contribution in [0.5, 0.6) is 0 Å². The zero-order valence-corrected chi connectivity index (χ0v) is 12.5. The Balaban J connectivity index is 2.28. The summed E-state index contributed by atoms with van der Waals surface area (Å²) in [5.41, 5.74) is 3.54. The van der Waals surface area contributed by atoms with Crippen LogP contribution < -0.4 is 10.6 Å². The third-order valence-electron chi connectivity index (χ3n) is 3.66. The normalized spacial score (nSPS) is 13.4. The smallest absolute Gasteiger partial charge is 0.0722 e. The molecule has 1 aromatic carbocycles. The molecule has 1 heterocycles. The van der Waals surface area contributed by atoms with Crippen molar-refractivity contribution in [2.45, 2.75) is 26.3 Å². The first kappa shape index (κ1) is 14.5. The van der Waals surface area contributed by atoms with E-state index in [9.17, 15) is 0 Å². The van der Waals surface area contributed by atoms with Crippen LogP contribution in [0.25, 0.3) is 10.9 Å². The molecular formula is C17H23N3. The molecule has 0 radical (unpaired) electrons. The molecule has 0 aliphatic rings. The fraction of sp³-hybridized carbons (Fsp3) is 0.353. The summed E-state index contributed by atoms with van der Waals surface area (Å²) in [6, 6.07) is 10.7. The van der Waals surface area contributed by atoms with Crippen LogP contribution in [0.3, 0.4) is 0 Å². The van der Waals surface area contributed by atoms with E-state index in [1.54, 1.807) is 0 Å². The van der Waals surface area contributed by atoms with Gasteiger partial charge in [0.2, 0.25) is 0 Å². The molecule has 1 unspecified atom stereocenters. The van der Waals surface area contributed by atoms with Crippen molar-refractivity contribution in [3.63, 3.8) is 0 Å². The summed E-state index contributed by atoms with van der Waals surface area (Å²) in [5, 5.41) is 8.05. The monoisotopic (exact) mass is 269 g/mol. The van der Waals surface area contributed by atoms with E-state index in [0.29, 0.717) is 6.04 Å². The summed E-state index contributed by atoms with van der Waals surface area (Å²) in [5.74, 6) is 0. The number of fused-ring (bicyclic) bond motifs is 1. The molecule has 106 valence electrons. The average molecular weight is 269 g/mol. The van der Waals surface area contributed by atoms with Gasteiger partial charge in [-0.15, -0.1) is 0 Å². The molecule has 0 saturated carbocycles. The molecular weight excluding hydrogens is 246 g/mol. The fourth-order valence-electron chi connectivity index (χ4n) is 2.32. The van der Waals surface area contributed by atoms with Gasteiger partial charge in [0.05, 0.1) is 5.52 Å². The van der Waals surface area contributed by atoms with Gasteiger partial charge in [0.15, 0.2) is 0 Å². The van der Waals surface area contributed by atoms with Crippen molar-refractivity contribution in [1.82, 2.24) is 10.3 Å². The predicted molar refractivity (Wildman–Crippen MR) is 87.1 cm³/mol. The van der Waals surface area contributed by atoms with Gasteiger partial charge in [-0.05, 0) is 58.1 Å². The quantitative estimate of drug-likeness (QED) is 0.787. The minimum atomic E-state index is 0.346. The van der Waals surface area contributed by atoms with Gasteiger partial charge in [-0.25, -0.2) is 0 Å². The van der Waals surface area contributed by atoms with Gasteiger partial charge >= 0.3 is 0 Å². The van der Waals surface area contributed by atoms with Crippen molar-refractivity contribution < 1.29 is 0 Å². The lowest BCUT2D eigenvalue weighted by molar-refractivity contribution is 0.671. The first-order valence-corrected chi connectivity index (χ1v) is 7.14. The summed E-state index contributed by atoms with van der Waals surface area (Å²) >= 11 is 0. The summed E-state index contributed by atoms with van der Waals surface area (Å²) < 4.78 is 0. The van der Waals surface area contributed by atoms with E-state index >= 15 is 0 Å². The molecule has 3 nitrogen and oxygen atoms in total. The lowest BCUT2D eigenvalue weighted by atomic mass is 10.0. The molecule has 0 amide bonds. The molecule has 2 N–H and O–H groups in total. The number of pyridine rings is 1. The SMILES string of the molecule is C/C=C(\C)C(CCNC)Nc1cccc2ncccc12. The lowest BCUT2D eigenvalue weighted by Crippen LogP contribution is -2.25. The number of allylic oxidation sites excluding steroid dienone is 1. The first-order valence-electron chi connectivity index (χ1n) is 7.14. The largest absolute Gasteiger partial charge is 0.378 e. The Morgan fingerprint density at radius 3 is 2.90 bits per heavy atom. The standard InChI is InChI=1S/C17H23N3/c1-4-13(2)15(10-12-18-3)20-17-9-5-8-16-14(17)7-6-11-19-16/h4-9,11,15,18,20H,10,12H2,1-3H3/b13-4+. The highest BCUT2D eigenvalue weighted by Crippen LogP contribution is 2.24. The zero-order chi connectivity index (χ0) is 14.4. The van der Waals surface area contributed by atoms with E-state index in [1.165, 1.54) is 11.0 Å². The molecule has 20 heavy (non-hydrogen) atoms. The summed E-state index contributed by atoms with van der Waals surface area (Å²) in [4.78, 5) is 4.41. The van der Waals surface area contributed by atoms with Crippen molar-refractivity contribution in [2.24, 2.45) is 0 Å². The van der Waals surface area contributed by atoms with Crippen molar-refractivity contribution in [3.05, 3.63) is 48.2 Å². The van der Waals surface area contributed by atoms with E-state index in [-0.39, 0.29) is 0 Å². The molecule has 1 aromatic heterocycles. The topological polar surface area (TPSA) is 37.0 Å². The van der Waals surface area contributed by atoms with Gasteiger partial charge in [-0.3, -0.25) is 4.98 Å². The van der Waals surface area contributed by atoms with Gasteiger partial charge in [-0.2, -0.15) is 0 Å². The third-order valence-corrected chi connectivity index (χ3v) is 3.66. The fourth-order valence-corrected chi connectivity index (χ4v) is 2.32. The second-order valence-corrected chi connectivity index (χ2v) is 5.00. The van der Waals surface area contributed by atoms with Crippen molar-refractivity contribution in [2.75, 3.05) is 18.9 Å². The molecule has 1 atom stereocenters. The van der Waals surface area contributed by atoms with Gasteiger partial charge in [0.25, 0.3) is 0 Å². The number of rotatable bonds is 6. The summed E-state index contributed by atoms with van der Waals surface area (Å²) in [6.07, 6.45) is 5.07. The number of anilines is 1. The minimum Gasteiger partial charge on any atom is -0.378 e. The molecule has 0 aliphatic heterocycles. The Hall–Kier alpha value is -1.87. The number of hydrogen-bond acceptors (Lipinski definition) is 3. The third kappa shape index (κ3) is 3.36. The van der Waals surface area contributed by atoms with Gasteiger partial charge in [0, 0.05) is 23.3 Å². The van der Waals surface area contributed by atoms with Crippen LogP contribution in [-0.4, -0.2) is 24.6 Å². The highest BCUT2D eigenvalue weighted by Gasteiger charge is 2.11. The van der Waals surface area contributed by atoms with Crippen molar-refractivity contribution in [3.8, 4) is 0 Å². The molecule has 2 aromatic rings. The van der Waals surface area contributed by atoms with Gasteiger partial charge < -0.3 is 10.6 Å². The van der Waals surface area contributed by atoms with E-state index < -0.39 is 0 Å². The average Bonchev–Trinajstić information content (AvgIpc) is 2.50.